The molecule has 0 fully saturated rings. The third-order valence-electron chi connectivity index (χ3n) is 4.10. The molecule has 27 heavy (non-hydrogen) atoms. The van der Waals surface area contributed by atoms with Gasteiger partial charge in [0.2, 0.25) is 0 Å². The first-order valence-corrected chi connectivity index (χ1v) is 8.80. The van der Waals surface area contributed by atoms with Crippen LogP contribution >= 0.6 is 0 Å². The van der Waals surface area contributed by atoms with Gasteiger partial charge in [0.1, 0.15) is 17.2 Å². The average Bonchev–Trinajstić information content (AvgIpc) is 2.62. The first-order valence-electron chi connectivity index (χ1n) is 8.80. The molecule has 4 heteroatoms. The van der Waals surface area contributed by atoms with E-state index in [1.165, 1.54) is 0 Å². The zero-order valence-corrected chi connectivity index (χ0v) is 15.4. The third kappa shape index (κ3) is 5.11. The molecule has 0 saturated heterocycles. The molecule has 0 spiro atoms. The van der Waals surface area contributed by atoms with E-state index in [4.69, 9.17) is 9.47 Å². The molecule has 0 aliphatic rings. The summed E-state index contributed by atoms with van der Waals surface area (Å²) in [5, 5.41) is 9.65. The van der Waals surface area contributed by atoms with Crippen LogP contribution in [0.3, 0.4) is 0 Å². The van der Waals surface area contributed by atoms with E-state index in [0.717, 1.165) is 16.7 Å². The molecule has 4 nitrogen and oxygen atoms in total. The van der Waals surface area contributed by atoms with E-state index in [9.17, 15) is 9.90 Å². The minimum Gasteiger partial charge on any atom is -0.478 e. The number of benzene rings is 3. The summed E-state index contributed by atoms with van der Waals surface area (Å²) in [6.07, 6.45) is -0.808. The van der Waals surface area contributed by atoms with Crippen LogP contribution in [0.15, 0.2) is 72.8 Å². The summed E-state index contributed by atoms with van der Waals surface area (Å²) in [5.41, 5.74) is 2.84. The lowest BCUT2D eigenvalue weighted by molar-refractivity contribution is -0.145. The maximum absolute atomic E-state index is 11.8. The molecule has 0 amide bonds. The number of hydrogen-bond donors (Lipinski definition) is 1. The summed E-state index contributed by atoms with van der Waals surface area (Å²) in [6.45, 7) is 3.91. The fourth-order valence-corrected chi connectivity index (χ4v) is 2.93. The predicted octanol–water partition coefficient (Wildman–Crippen LogP) is 5.17. The first kappa shape index (κ1) is 18.5. The summed E-state index contributed by atoms with van der Waals surface area (Å²) in [4.78, 5) is 11.8. The lowest BCUT2D eigenvalue weighted by Gasteiger charge is -2.18. The largest absolute Gasteiger partial charge is 0.478 e. The normalized spacial score (nSPS) is 11.6. The second-order valence-electron chi connectivity index (χ2n) is 6.50. The molecule has 3 aromatic carbocycles. The van der Waals surface area contributed by atoms with E-state index in [1.807, 2.05) is 86.6 Å². The van der Waals surface area contributed by atoms with Crippen LogP contribution in [0.4, 0.5) is 0 Å². The second kappa shape index (κ2) is 8.41. The molecule has 1 atom stereocenters. The Bertz CT molecular complexity index is 898. The van der Waals surface area contributed by atoms with Crippen molar-refractivity contribution in [2.24, 2.45) is 0 Å². The summed E-state index contributed by atoms with van der Waals surface area (Å²) < 4.78 is 11.7. The van der Waals surface area contributed by atoms with Crippen molar-refractivity contribution in [2.75, 3.05) is 0 Å². The Balaban J connectivity index is 1.81. The maximum Gasteiger partial charge on any atom is 0.345 e. The highest BCUT2D eigenvalue weighted by Gasteiger charge is 2.22. The van der Waals surface area contributed by atoms with Crippen LogP contribution in [0.1, 0.15) is 16.7 Å². The number of carboxylic acid groups (broad SMARTS) is 1. The molecule has 3 rings (SSSR count). The number of aliphatic carboxylic acids is 1. The molecule has 1 N–H and O–H groups in total. The number of carbonyl (C=O) groups is 1. The van der Waals surface area contributed by atoms with Crippen molar-refractivity contribution in [3.8, 4) is 17.2 Å². The van der Waals surface area contributed by atoms with Gasteiger partial charge in [-0.2, -0.15) is 0 Å². The minimum atomic E-state index is -1.01. The van der Waals surface area contributed by atoms with Crippen LogP contribution in [0.5, 0.6) is 17.2 Å². The number of aryl methyl sites for hydroxylation is 2. The van der Waals surface area contributed by atoms with Crippen molar-refractivity contribution in [2.45, 2.75) is 26.4 Å². The molecule has 0 bridgehead atoms. The zero-order chi connectivity index (χ0) is 19.2. The number of ether oxygens (including phenoxy) is 2. The van der Waals surface area contributed by atoms with Gasteiger partial charge >= 0.3 is 5.97 Å². The lowest BCUT2D eigenvalue weighted by atomic mass is 10.1. The summed E-state index contributed by atoms with van der Waals surface area (Å²) in [6, 6.07) is 22.5. The molecule has 0 aromatic heterocycles. The van der Waals surface area contributed by atoms with Crippen LogP contribution in [-0.2, 0) is 11.2 Å². The van der Waals surface area contributed by atoms with Gasteiger partial charge in [0.25, 0.3) is 0 Å². The van der Waals surface area contributed by atoms with Crippen molar-refractivity contribution in [1.82, 2.24) is 0 Å². The van der Waals surface area contributed by atoms with Crippen molar-refractivity contribution < 1.29 is 19.4 Å². The van der Waals surface area contributed by atoms with Crippen molar-refractivity contribution >= 4 is 5.97 Å². The lowest BCUT2D eigenvalue weighted by Crippen LogP contribution is -2.29. The molecular weight excluding hydrogens is 340 g/mol. The van der Waals surface area contributed by atoms with Gasteiger partial charge in [-0.1, -0.05) is 42.5 Å². The van der Waals surface area contributed by atoms with Crippen LogP contribution in [0.25, 0.3) is 0 Å². The van der Waals surface area contributed by atoms with Gasteiger partial charge in [-0.15, -0.1) is 0 Å². The van der Waals surface area contributed by atoms with E-state index in [1.54, 1.807) is 0 Å². The second-order valence-corrected chi connectivity index (χ2v) is 6.50. The Hall–Kier alpha value is -3.27. The van der Waals surface area contributed by atoms with E-state index in [-0.39, 0.29) is 6.42 Å². The Morgan fingerprint density at radius 2 is 1.52 bits per heavy atom. The van der Waals surface area contributed by atoms with Crippen LogP contribution in [0.2, 0.25) is 0 Å². The molecule has 1 unspecified atom stereocenters. The standard InChI is InChI=1S/C23H22O4/c1-16-12-17(2)14-20(13-16)27-22(23(24)25)15-18-8-6-7-11-21(18)26-19-9-4-3-5-10-19/h3-14,22H,15H2,1-2H3,(H,24,25). The van der Waals surface area contributed by atoms with Crippen molar-refractivity contribution in [3.05, 3.63) is 89.5 Å². The van der Waals surface area contributed by atoms with E-state index in [0.29, 0.717) is 17.2 Å². The van der Waals surface area contributed by atoms with E-state index >= 15 is 0 Å². The zero-order valence-electron chi connectivity index (χ0n) is 15.4. The van der Waals surface area contributed by atoms with Gasteiger partial charge in [0, 0.05) is 6.42 Å². The maximum atomic E-state index is 11.8. The molecule has 0 heterocycles. The Morgan fingerprint density at radius 1 is 0.889 bits per heavy atom. The SMILES string of the molecule is Cc1cc(C)cc(OC(Cc2ccccc2Oc2ccccc2)C(=O)O)c1. The first-order chi connectivity index (χ1) is 13.0. The van der Waals surface area contributed by atoms with Crippen molar-refractivity contribution in [1.29, 1.82) is 0 Å². The fourth-order valence-electron chi connectivity index (χ4n) is 2.93. The van der Waals surface area contributed by atoms with Crippen molar-refractivity contribution in [3.63, 3.8) is 0 Å². The third-order valence-corrected chi connectivity index (χ3v) is 4.10. The van der Waals surface area contributed by atoms with Gasteiger partial charge in [-0.3, -0.25) is 0 Å². The van der Waals surface area contributed by atoms with Crippen LogP contribution < -0.4 is 9.47 Å². The molecule has 0 radical (unpaired) electrons. The molecule has 0 aliphatic heterocycles. The predicted molar refractivity (Wildman–Crippen MR) is 105 cm³/mol. The highest BCUT2D eigenvalue weighted by atomic mass is 16.5. The number of hydrogen-bond acceptors (Lipinski definition) is 3. The van der Waals surface area contributed by atoms with E-state index < -0.39 is 12.1 Å². The van der Waals surface area contributed by atoms with Gasteiger partial charge in [-0.05, 0) is 60.9 Å². The monoisotopic (exact) mass is 362 g/mol. The Morgan fingerprint density at radius 3 is 2.19 bits per heavy atom. The topological polar surface area (TPSA) is 55.8 Å². The van der Waals surface area contributed by atoms with Gasteiger partial charge in [0.05, 0.1) is 0 Å². The Labute approximate surface area is 159 Å². The summed E-state index contributed by atoms with van der Waals surface area (Å²) >= 11 is 0. The molecule has 138 valence electrons. The highest BCUT2D eigenvalue weighted by Crippen LogP contribution is 2.27. The van der Waals surface area contributed by atoms with Crippen LogP contribution in [0, 0.1) is 13.8 Å². The average molecular weight is 362 g/mol. The summed E-state index contributed by atoms with van der Waals surface area (Å²) in [5.74, 6) is 0.871. The quantitative estimate of drug-likeness (QED) is 0.630. The molecule has 0 aliphatic carbocycles. The molecule has 0 saturated carbocycles. The van der Waals surface area contributed by atoms with Gasteiger partial charge < -0.3 is 14.6 Å². The summed E-state index contributed by atoms with van der Waals surface area (Å²) in [7, 11) is 0. The minimum absolute atomic E-state index is 0.200. The molecular formula is C23H22O4. The fraction of sp³-hybridized carbons (Fsp3) is 0.174. The molecule has 3 aromatic rings. The number of rotatable bonds is 7. The Kier molecular flexibility index (Phi) is 5.77. The van der Waals surface area contributed by atoms with Crippen LogP contribution in [-0.4, -0.2) is 17.2 Å². The highest BCUT2D eigenvalue weighted by molar-refractivity contribution is 5.73. The smallest absolute Gasteiger partial charge is 0.345 e. The van der Waals surface area contributed by atoms with Gasteiger partial charge in [-0.25, -0.2) is 4.79 Å². The van der Waals surface area contributed by atoms with Gasteiger partial charge in [0.15, 0.2) is 6.10 Å². The number of para-hydroxylation sites is 2. The number of carboxylic acids is 1. The van der Waals surface area contributed by atoms with E-state index in [2.05, 4.69) is 0 Å².